The summed E-state index contributed by atoms with van der Waals surface area (Å²) in [6.07, 6.45) is 9.53. The van der Waals surface area contributed by atoms with Gasteiger partial charge in [0.1, 0.15) is 34.6 Å². The number of fused-ring (bicyclic) bond motifs is 2. The summed E-state index contributed by atoms with van der Waals surface area (Å²) in [4.78, 5) is 26.8. The fraction of sp³-hybridized carbons (Fsp3) is 0.276. The van der Waals surface area contributed by atoms with Crippen molar-refractivity contribution in [2.45, 2.75) is 32.1 Å². The fourth-order valence-electron chi connectivity index (χ4n) is 4.75. The van der Waals surface area contributed by atoms with Gasteiger partial charge in [-0.3, -0.25) is 9.59 Å². The molecular weight excluding hydrogens is 440 g/mol. The Kier molecular flexibility index (Phi) is 6.36. The summed E-state index contributed by atoms with van der Waals surface area (Å²) in [7, 11) is 3.89. The molecule has 0 aliphatic heterocycles. The summed E-state index contributed by atoms with van der Waals surface area (Å²) in [6.45, 7) is 0. The number of imidazole rings is 1. The van der Waals surface area contributed by atoms with Crippen molar-refractivity contribution in [2.24, 2.45) is 20.0 Å². The van der Waals surface area contributed by atoms with Crippen molar-refractivity contribution in [1.29, 1.82) is 0 Å². The van der Waals surface area contributed by atoms with Crippen LogP contribution in [0.1, 0.15) is 29.7 Å². The Hall–Kier alpha value is -3.93. The second-order valence-corrected chi connectivity index (χ2v) is 9.29. The van der Waals surface area contributed by atoms with Gasteiger partial charge in [-0.15, -0.1) is 0 Å². The largest absolute Gasteiger partial charge is 0.464 e. The van der Waals surface area contributed by atoms with E-state index in [9.17, 15) is 9.59 Å². The molecule has 0 unspecified atom stereocenters. The number of hydrogen-bond donors (Lipinski definition) is 0. The van der Waals surface area contributed by atoms with Crippen LogP contribution in [0.5, 0.6) is 0 Å². The van der Waals surface area contributed by atoms with E-state index in [2.05, 4.69) is 0 Å². The third-order valence-corrected chi connectivity index (χ3v) is 6.71. The number of carbonyl (C=O) groups excluding carboxylic acids is 2. The van der Waals surface area contributed by atoms with Crippen molar-refractivity contribution < 1.29 is 23.0 Å². The first kappa shape index (κ1) is 22.8. The Morgan fingerprint density at radius 2 is 1.40 bits per heavy atom. The maximum absolute atomic E-state index is 13.4. The molecule has 5 rings (SSSR count). The van der Waals surface area contributed by atoms with Crippen LogP contribution in [0.2, 0.25) is 0 Å². The van der Waals surface area contributed by atoms with Gasteiger partial charge in [0.25, 0.3) is 0 Å². The zero-order valence-electron chi connectivity index (χ0n) is 20.1. The third-order valence-electron chi connectivity index (χ3n) is 6.71. The molecule has 0 N–H and O–H groups in total. The first-order chi connectivity index (χ1) is 17.0. The Balaban J connectivity index is 1.29. The van der Waals surface area contributed by atoms with Crippen LogP contribution in [0, 0.1) is 5.92 Å². The quantitative estimate of drug-likeness (QED) is 0.215. The average molecular weight is 470 g/mol. The van der Waals surface area contributed by atoms with E-state index in [0.717, 1.165) is 38.8 Å². The molecule has 35 heavy (non-hydrogen) atoms. The van der Waals surface area contributed by atoms with Gasteiger partial charge in [-0.1, -0.05) is 12.1 Å². The fourth-order valence-corrected chi connectivity index (χ4v) is 4.75. The summed E-state index contributed by atoms with van der Waals surface area (Å²) < 4.78 is 14.7. The number of nitrogens with zero attached hydrogens (tertiary/aromatic N) is 2. The van der Waals surface area contributed by atoms with E-state index in [-0.39, 0.29) is 11.6 Å². The highest BCUT2D eigenvalue weighted by Gasteiger charge is 2.29. The molecule has 6 heteroatoms. The SMILES string of the molecule is Cn1c[n+](C)cc1CC(C(=O)CCc1ccc2occc2c1)C(=O)CCc1ccc2occc2c1. The second kappa shape index (κ2) is 9.74. The number of carbonyl (C=O) groups is 2. The monoisotopic (exact) mass is 469 g/mol. The number of Topliss-reactive ketones (excluding diaryl/α,β-unsaturated/α-hetero) is 2. The molecule has 178 valence electrons. The van der Waals surface area contributed by atoms with Gasteiger partial charge in [-0.05, 0) is 60.4 Å². The molecular formula is C29H29N2O4+. The average Bonchev–Trinajstić information content (AvgIpc) is 3.58. The van der Waals surface area contributed by atoms with Crippen LogP contribution in [0.4, 0.5) is 0 Å². The number of rotatable bonds is 10. The van der Waals surface area contributed by atoms with Crippen LogP contribution in [-0.2, 0) is 42.9 Å². The third kappa shape index (κ3) is 5.11. The van der Waals surface area contributed by atoms with Gasteiger partial charge in [0.15, 0.2) is 0 Å². The van der Waals surface area contributed by atoms with Gasteiger partial charge in [0.2, 0.25) is 6.33 Å². The van der Waals surface area contributed by atoms with E-state index in [4.69, 9.17) is 8.83 Å². The standard InChI is InChI=1S/C29H29N2O4/c1-30-18-24(31(2)19-30)17-25(26(32)7-3-20-5-9-28-22(15-20)11-13-34-28)27(33)8-4-21-6-10-29-23(16-21)12-14-35-29/h5-6,9-16,18-19,25H,3-4,7-8,17H2,1-2H3/q+1. The molecule has 2 aromatic carbocycles. The molecule has 0 saturated heterocycles. The van der Waals surface area contributed by atoms with E-state index < -0.39 is 5.92 Å². The molecule has 0 aliphatic rings. The summed E-state index contributed by atoms with van der Waals surface area (Å²) in [5, 5.41) is 2.04. The van der Waals surface area contributed by atoms with Crippen LogP contribution >= 0.6 is 0 Å². The molecule has 0 spiro atoms. The molecule has 6 nitrogen and oxygen atoms in total. The van der Waals surface area contributed by atoms with Crippen LogP contribution in [0.25, 0.3) is 21.9 Å². The second-order valence-electron chi connectivity index (χ2n) is 9.29. The van der Waals surface area contributed by atoms with Crippen molar-refractivity contribution in [1.82, 2.24) is 4.57 Å². The van der Waals surface area contributed by atoms with E-state index in [1.54, 1.807) is 12.5 Å². The number of aromatic nitrogens is 2. The maximum atomic E-state index is 13.4. The predicted molar refractivity (Wildman–Crippen MR) is 133 cm³/mol. The minimum Gasteiger partial charge on any atom is -0.464 e. The molecule has 0 bridgehead atoms. The van der Waals surface area contributed by atoms with E-state index in [1.165, 1.54) is 0 Å². The molecule has 5 aromatic rings. The topological polar surface area (TPSA) is 69.2 Å². The lowest BCUT2D eigenvalue weighted by molar-refractivity contribution is -0.671. The summed E-state index contributed by atoms with van der Waals surface area (Å²) in [5.74, 6) is -0.660. The van der Waals surface area contributed by atoms with E-state index in [1.807, 2.05) is 84.3 Å². The minimum atomic E-state index is -0.654. The predicted octanol–water partition coefficient (Wildman–Crippen LogP) is 4.90. The Bertz CT molecular complexity index is 1410. The molecule has 0 atom stereocenters. The number of furan rings is 2. The first-order valence-corrected chi connectivity index (χ1v) is 11.9. The van der Waals surface area contributed by atoms with Crippen molar-refractivity contribution in [3.63, 3.8) is 0 Å². The molecule has 3 heterocycles. The summed E-state index contributed by atoms with van der Waals surface area (Å²) in [6, 6.07) is 15.8. The number of ketones is 2. The zero-order chi connectivity index (χ0) is 24.4. The smallest absolute Gasteiger partial charge is 0.243 e. The summed E-state index contributed by atoms with van der Waals surface area (Å²) >= 11 is 0. The molecule has 0 saturated carbocycles. The molecule has 0 fully saturated rings. The summed E-state index contributed by atoms with van der Waals surface area (Å²) in [5.41, 5.74) is 4.77. The lowest BCUT2D eigenvalue weighted by Crippen LogP contribution is -2.28. The van der Waals surface area contributed by atoms with E-state index in [0.29, 0.717) is 32.1 Å². The van der Waals surface area contributed by atoms with Gasteiger partial charge >= 0.3 is 0 Å². The van der Waals surface area contributed by atoms with Gasteiger partial charge in [0, 0.05) is 30.0 Å². The van der Waals surface area contributed by atoms with Crippen LogP contribution in [-0.4, -0.2) is 16.1 Å². The van der Waals surface area contributed by atoms with Gasteiger partial charge in [0.05, 0.1) is 32.5 Å². The molecule has 3 aromatic heterocycles. The Morgan fingerprint density at radius 1 is 0.857 bits per heavy atom. The zero-order valence-corrected chi connectivity index (χ0v) is 20.1. The van der Waals surface area contributed by atoms with Gasteiger partial charge in [-0.2, -0.15) is 0 Å². The number of aryl methyl sites for hydroxylation is 4. The van der Waals surface area contributed by atoms with Crippen molar-refractivity contribution in [2.75, 3.05) is 0 Å². The van der Waals surface area contributed by atoms with E-state index >= 15 is 0 Å². The molecule has 0 aliphatic carbocycles. The van der Waals surface area contributed by atoms with Crippen LogP contribution in [0.3, 0.4) is 0 Å². The molecule has 0 amide bonds. The minimum absolute atomic E-state index is 0.00331. The number of benzene rings is 2. The highest BCUT2D eigenvalue weighted by Crippen LogP contribution is 2.22. The van der Waals surface area contributed by atoms with Crippen LogP contribution in [0.15, 0.2) is 82.4 Å². The lowest BCUT2D eigenvalue weighted by atomic mass is 9.87. The maximum Gasteiger partial charge on any atom is 0.243 e. The van der Waals surface area contributed by atoms with Crippen LogP contribution < -0.4 is 4.57 Å². The van der Waals surface area contributed by atoms with Crippen molar-refractivity contribution >= 4 is 33.5 Å². The van der Waals surface area contributed by atoms with Gasteiger partial charge in [-0.25, -0.2) is 9.13 Å². The molecule has 0 radical (unpaired) electrons. The highest BCUT2D eigenvalue weighted by atomic mass is 16.3. The first-order valence-electron chi connectivity index (χ1n) is 11.9. The lowest BCUT2D eigenvalue weighted by Gasteiger charge is -2.14. The highest BCUT2D eigenvalue weighted by molar-refractivity contribution is 6.02. The van der Waals surface area contributed by atoms with Crippen molar-refractivity contribution in [3.8, 4) is 0 Å². The normalized spacial score (nSPS) is 11.6. The van der Waals surface area contributed by atoms with Gasteiger partial charge < -0.3 is 8.83 Å². The Labute approximate surface area is 203 Å². The Morgan fingerprint density at radius 3 is 1.89 bits per heavy atom. The number of hydrogen-bond acceptors (Lipinski definition) is 4. The van der Waals surface area contributed by atoms with Crippen molar-refractivity contribution in [3.05, 3.63) is 90.4 Å².